The van der Waals surface area contributed by atoms with Gasteiger partial charge in [-0.3, -0.25) is 9.69 Å². The largest absolute Gasteiger partial charge is 0.489 e. The highest BCUT2D eigenvalue weighted by molar-refractivity contribution is 5.76. The number of ether oxygens (including phenoxy) is 2. The first-order valence-electron chi connectivity index (χ1n) is 9.91. The Bertz CT molecular complexity index is 550. The summed E-state index contributed by atoms with van der Waals surface area (Å²) in [6.45, 7) is 7.28. The van der Waals surface area contributed by atoms with Crippen molar-refractivity contribution >= 4 is 5.91 Å². The van der Waals surface area contributed by atoms with Gasteiger partial charge in [0.05, 0.1) is 12.6 Å². The van der Waals surface area contributed by atoms with E-state index in [2.05, 4.69) is 42.3 Å². The van der Waals surface area contributed by atoms with Crippen molar-refractivity contribution in [2.24, 2.45) is 0 Å². The number of hydrogen-bond donors (Lipinski definition) is 1. The summed E-state index contributed by atoms with van der Waals surface area (Å²) in [5.41, 5.74) is 1.21. The molecule has 1 N–H and O–H groups in total. The van der Waals surface area contributed by atoms with E-state index < -0.39 is 0 Å². The average Bonchev–Trinajstić information content (AvgIpc) is 2.83. The Balaban J connectivity index is 1.93. The van der Waals surface area contributed by atoms with Crippen LogP contribution in [0.25, 0.3) is 0 Å². The first-order valence-corrected chi connectivity index (χ1v) is 9.91. The normalized spacial score (nSPS) is 18.5. The van der Waals surface area contributed by atoms with E-state index >= 15 is 0 Å². The van der Waals surface area contributed by atoms with E-state index in [1.807, 2.05) is 6.07 Å². The molecule has 0 unspecified atom stereocenters. The zero-order valence-electron chi connectivity index (χ0n) is 16.5. The van der Waals surface area contributed by atoms with Gasteiger partial charge in [-0.1, -0.05) is 38.5 Å². The summed E-state index contributed by atoms with van der Waals surface area (Å²) in [6.07, 6.45) is 4.96. The Morgan fingerprint density at radius 2 is 2.19 bits per heavy atom. The molecule has 0 aromatic heterocycles. The molecule has 5 heteroatoms. The van der Waals surface area contributed by atoms with Crippen molar-refractivity contribution < 1.29 is 14.3 Å². The van der Waals surface area contributed by atoms with Crippen molar-refractivity contribution in [2.45, 2.75) is 64.6 Å². The Labute approximate surface area is 158 Å². The minimum atomic E-state index is 0.0949. The Kier molecular flexibility index (Phi) is 8.92. The maximum Gasteiger partial charge on any atom is 0.221 e. The highest BCUT2D eigenvalue weighted by Gasteiger charge is 2.23. The van der Waals surface area contributed by atoms with Crippen LogP contribution in [-0.4, -0.2) is 49.8 Å². The predicted octanol–water partition coefficient (Wildman–Crippen LogP) is 3.37. The molecule has 5 nitrogen and oxygen atoms in total. The maximum absolute atomic E-state index is 12.3. The van der Waals surface area contributed by atoms with Crippen LogP contribution in [0.5, 0.6) is 5.75 Å². The molecule has 1 aromatic rings. The lowest BCUT2D eigenvalue weighted by atomic mass is 10.1. The van der Waals surface area contributed by atoms with E-state index in [1.165, 1.54) is 12.0 Å². The second-order valence-corrected chi connectivity index (χ2v) is 7.10. The highest BCUT2D eigenvalue weighted by Crippen LogP contribution is 2.26. The number of methoxy groups -OCH3 is 1. The van der Waals surface area contributed by atoms with E-state index in [4.69, 9.17) is 9.47 Å². The lowest BCUT2D eigenvalue weighted by Crippen LogP contribution is -2.40. The first kappa shape index (κ1) is 20.7. The van der Waals surface area contributed by atoms with Crippen LogP contribution in [-0.2, 0) is 16.1 Å². The van der Waals surface area contributed by atoms with Crippen LogP contribution in [0.3, 0.4) is 0 Å². The quantitative estimate of drug-likeness (QED) is 0.693. The molecular formula is C21H34N2O3. The van der Waals surface area contributed by atoms with Crippen molar-refractivity contribution in [3.05, 3.63) is 29.8 Å². The Morgan fingerprint density at radius 1 is 1.38 bits per heavy atom. The van der Waals surface area contributed by atoms with Gasteiger partial charge in [0.1, 0.15) is 11.9 Å². The molecule has 26 heavy (non-hydrogen) atoms. The molecule has 0 radical (unpaired) electrons. The fourth-order valence-corrected chi connectivity index (χ4v) is 3.33. The van der Waals surface area contributed by atoms with Crippen molar-refractivity contribution in [3.63, 3.8) is 0 Å². The lowest BCUT2D eigenvalue weighted by molar-refractivity contribution is -0.122. The van der Waals surface area contributed by atoms with Gasteiger partial charge in [0.15, 0.2) is 0 Å². The SMILES string of the molecule is CCCC[C@@H]1CN(CCC(=O)N[C@@H](CC)COC)Cc2ccccc2O1. The van der Waals surface area contributed by atoms with Crippen LogP contribution < -0.4 is 10.1 Å². The fourth-order valence-electron chi connectivity index (χ4n) is 3.33. The van der Waals surface area contributed by atoms with Crippen molar-refractivity contribution in [2.75, 3.05) is 26.8 Å². The number of rotatable bonds is 10. The van der Waals surface area contributed by atoms with E-state index in [9.17, 15) is 4.79 Å². The molecule has 1 aliphatic rings. The van der Waals surface area contributed by atoms with E-state index in [1.54, 1.807) is 7.11 Å². The number of benzene rings is 1. The summed E-state index contributed by atoms with van der Waals surface area (Å²) in [6, 6.07) is 8.35. The summed E-state index contributed by atoms with van der Waals surface area (Å²) in [7, 11) is 1.67. The van der Waals surface area contributed by atoms with Gasteiger partial charge in [-0.2, -0.15) is 0 Å². The number of carbonyl (C=O) groups is 1. The molecule has 1 amide bonds. The summed E-state index contributed by atoms with van der Waals surface area (Å²) in [5.74, 6) is 1.09. The molecule has 1 aromatic carbocycles. The first-order chi connectivity index (χ1) is 12.7. The van der Waals surface area contributed by atoms with Crippen molar-refractivity contribution in [3.8, 4) is 5.75 Å². The summed E-state index contributed by atoms with van der Waals surface area (Å²) >= 11 is 0. The van der Waals surface area contributed by atoms with E-state index in [0.717, 1.165) is 44.6 Å². The number of carbonyl (C=O) groups excluding carboxylic acids is 1. The van der Waals surface area contributed by atoms with E-state index in [-0.39, 0.29) is 18.1 Å². The van der Waals surface area contributed by atoms with Gasteiger partial charge in [0, 0.05) is 38.7 Å². The van der Waals surface area contributed by atoms with Gasteiger partial charge >= 0.3 is 0 Å². The third-order valence-electron chi connectivity index (χ3n) is 4.88. The second-order valence-electron chi connectivity index (χ2n) is 7.10. The van der Waals surface area contributed by atoms with Gasteiger partial charge in [-0.05, 0) is 25.3 Å². The van der Waals surface area contributed by atoms with Crippen LogP contribution in [0, 0.1) is 0 Å². The number of hydrogen-bond acceptors (Lipinski definition) is 4. The summed E-state index contributed by atoms with van der Waals surface area (Å²) in [5, 5.41) is 3.07. The molecule has 0 fully saturated rings. The van der Waals surface area contributed by atoms with Crippen LogP contribution in [0.15, 0.2) is 24.3 Å². The van der Waals surface area contributed by atoms with Crippen LogP contribution in [0.4, 0.5) is 0 Å². The number of para-hydroxylation sites is 1. The molecule has 0 bridgehead atoms. The molecule has 2 rings (SSSR count). The number of unbranched alkanes of at least 4 members (excludes halogenated alkanes) is 1. The number of amides is 1. The topological polar surface area (TPSA) is 50.8 Å². The molecule has 146 valence electrons. The molecule has 0 saturated carbocycles. The number of nitrogens with one attached hydrogen (secondary N) is 1. The second kappa shape index (κ2) is 11.2. The zero-order valence-corrected chi connectivity index (χ0v) is 16.5. The fraction of sp³-hybridized carbons (Fsp3) is 0.667. The van der Waals surface area contributed by atoms with Gasteiger partial charge in [0.2, 0.25) is 5.91 Å². The smallest absolute Gasteiger partial charge is 0.221 e. The zero-order chi connectivity index (χ0) is 18.8. The average molecular weight is 363 g/mol. The monoisotopic (exact) mass is 362 g/mol. The molecule has 1 heterocycles. The minimum absolute atomic E-state index is 0.0949. The Morgan fingerprint density at radius 3 is 2.92 bits per heavy atom. The standard InChI is InChI=1S/C21H34N2O3/c1-4-6-10-19-15-23(14-17-9-7-8-11-20(17)26-19)13-12-21(24)22-18(5-2)16-25-3/h7-9,11,18-19H,4-6,10,12-16H2,1-3H3,(H,22,24)/t18-,19+/m0/s1. The molecule has 2 atom stereocenters. The van der Waals surface area contributed by atoms with Crippen molar-refractivity contribution in [1.29, 1.82) is 0 Å². The molecule has 1 aliphatic heterocycles. The molecule has 0 aliphatic carbocycles. The summed E-state index contributed by atoms with van der Waals surface area (Å²) < 4.78 is 11.4. The van der Waals surface area contributed by atoms with E-state index in [0.29, 0.717) is 13.0 Å². The minimum Gasteiger partial charge on any atom is -0.489 e. The van der Waals surface area contributed by atoms with Crippen LogP contribution >= 0.6 is 0 Å². The van der Waals surface area contributed by atoms with Gasteiger partial charge in [-0.15, -0.1) is 0 Å². The van der Waals surface area contributed by atoms with Crippen LogP contribution in [0.1, 0.15) is 51.5 Å². The number of nitrogens with zero attached hydrogens (tertiary/aromatic N) is 1. The molecule has 0 spiro atoms. The Hall–Kier alpha value is -1.59. The highest BCUT2D eigenvalue weighted by atomic mass is 16.5. The van der Waals surface area contributed by atoms with Gasteiger partial charge in [0.25, 0.3) is 0 Å². The lowest BCUT2D eigenvalue weighted by Gasteiger charge is -2.24. The third kappa shape index (κ3) is 6.61. The number of fused-ring (bicyclic) bond motifs is 1. The maximum atomic E-state index is 12.3. The third-order valence-corrected chi connectivity index (χ3v) is 4.88. The van der Waals surface area contributed by atoms with Crippen LogP contribution in [0.2, 0.25) is 0 Å². The van der Waals surface area contributed by atoms with Gasteiger partial charge in [-0.25, -0.2) is 0 Å². The molecule has 0 saturated heterocycles. The molecular weight excluding hydrogens is 328 g/mol. The van der Waals surface area contributed by atoms with Crippen molar-refractivity contribution in [1.82, 2.24) is 10.2 Å². The summed E-state index contributed by atoms with van der Waals surface area (Å²) in [4.78, 5) is 14.6. The van der Waals surface area contributed by atoms with Gasteiger partial charge < -0.3 is 14.8 Å². The predicted molar refractivity (Wildman–Crippen MR) is 104 cm³/mol.